The number of nitrogens with one attached hydrogen (secondary N) is 1. The maximum atomic E-state index is 12.2. The van der Waals surface area contributed by atoms with Crippen molar-refractivity contribution in [2.45, 2.75) is 11.8 Å². The highest BCUT2D eigenvalue weighted by Crippen LogP contribution is 2.20. The molecule has 1 amide bonds. The zero-order chi connectivity index (χ0) is 14.4. The molecule has 0 atom stereocenters. The Labute approximate surface area is 123 Å². The zero-order valence-corrected chi connectivity index (χ0v) is 12.4. The first kappa shape index (κ1) is 14.5. The van der Waals surface area contributed by atoms with Crippen molar-refractivity contribution in [3.8, 4) is 5.75 Å². The van der Waals surface area contributed by atoms with Crippen molar-refractivity contribution in [1.29, 1.82) is 0 Å². The number of carbonyl (C=O) groups is 1. The van der Waals surface area contributed by atoms with E-state index in [1.54, 1.807) is 23.9 Å². The van der Waals surface area contributed by atoms with Gasteiger partial charge in [0.05, 0.1) is 6.61 Å². The third-order valence-electron chi connectivity index (χ3n) is 2.73. The number of rotatable bonds is 5. The molecule has 0 bridgehead atoms. The van der Waals surface area contributed by atoms with Gasteiger partial charge in [-0.05, 0) is 49.6 Å². The van der Waals surface area contributed by atoms with Gasteiger partial charge in [-0.1, -0.05) is 12.1 Å². The van der Waals surface area contributed by atoms with Crippen molar-refractivity contribution >= 4 is 23.4 Å². The molecule has 0 saturated heterocycles. The van der Waals surface area contributed by atoms with Gasteiger partial charge < -0.3 is 10.1 Å². The first-order valence-corrected chi connectivity index (χ1v) is 7.63. The molecular formula is C16H17NO2S. The fourth-order valence-electron chi connectivity index (χ4n) is 1.80. The molecule has 0 fully saturated rings. The van der Waals surface area contributed by atoms with E-state index in [0.29, 0.717) is 17.9 Å². The fraction of sp³-hybridized carbons (Fsp3) is 0.188. The van der Waals surface area contributed by atoms with Gasteiger partial charge in [0.2, 0.25) is 0 Å². The minimum atomic E-state index is -0.134. The summed E-state index contributed by atoms with van der Waals surface area (Å²) >= 11 is 1.64. The van der Waals surface area contributed by atoms with E-state index in [1.165, 1.54) is 0 Å². The smallest absolute Gasteiger partial charge is 0.255 e. The molecule has 104 valence electrons. The lowest BCUT2D eigenvalue weighted by Crippen LogP contribution is -2.12. The van der Waals surface area contributed by atoms with Crippen LogP contribution in [0.1, 0.15) is 17.3 Å². The highest BCUT2D eigenvalue weighted by molar-refractivity contribution is 7.98. The minimum Gasteiger partial charge on any atom is -0.494 e. The molecular weight excluding hydrogens is 270 g/mol. The number of ether oxygens (including phenoxy) is 1. The second-order valence-electron chi connectivity index (χ2n) is 4.15. The topological polar surface area (TPSA) is 38.3 Å². The standard InChI is InChI=1S/C16H17NO2S/c1-3-19-14-8-4-6-12(10-14)16(18)17-13-7-5-9-15(11-13)20-2/h4-11H,3H2,1-2H3,(H,17,18). The molecule has 0 aliphatic heterocycles. The molecule has 0 aliphatic rings. The second kappa shape index (κ2) is 7.01. The van der Waals surface area contributed by atoms with Crippen LogP contribution in [0.5, 0.6) is 5.75 Å². The molecule has 2 aromatic rings. The monoisotopic (exact) mass is 287 g/mol. The van der Waals surface area contributed by atoms with Crippen LogP contribution in [0.25, 0.3) is 0 Å². The molecule has 2 aromatic carbocycles. The van der Waals surface area contributed by atoms with Crippen LogP contribution in [0.4, 0.5) is 5.69 Å². The first-order valence-electron chi connectivity index (χ1n) is 6.41. The van der Waals surface area contributed by atoms with Gasteiger partial charge in [0.15, 0.2) is 0 Å². The highest BCUT2D eigenvalue weighted by atomic mass is 32.2. The minimum absolute atomic E-state index is 0.134. The lowest BCUT2D eigenvalue weighted by molar-refractivity contribution is 0.102. The van der Waals surface area contributed by atoms with E-state index in [4.69, 9.17) is 4.74 Å². The largest absolute Gasteiger partial charge is 0.494 e. The van der Waals surface area contributed by atoms with E-state index < -0.39 is 0 Å². The van der Waals surface area contributed by atoms with Crippen LogP contribution in [0.3, 0.4) is 0 Å². The van der Waals surface area contributed by atoms with Crippen LogP contribution in [0.15, 0.2) is 53.4 Å². The van der Waals surface area contributed by atoms with E-state index in [1.807, 2.05) is 49.6 Å². The van der Waals surface area contributed by atoms with Crippen molar-refractivity contribution in [3.63, 3.8) is 0 Å². The average Bonchev–Trinajstić information content (AvgIpc) is 2.48. The van der Waals surface area contributed by atoms with Gasteiger partial charge in [-0.3, -0.25) is 4.79 Å². The lowest BCUT2D eigenvalue weighted by atomic mass is 10.2. The van der Waals surface area contributed by atoms with Gasteiger partial charge >= 0.3 is 0 Å². The van der Waals surface area contributed by atoms with Gasteiger partial charge in [-0.15, -0.1) is 11.8 Å². The normalized spacial score (nSPS) is 10.1. The first-order chi connectivity index (χ1) is 9.72. The number of anilines is 1. The molecule has 0 radical (unpaired) electrons. The van der Waals surface area contributed by atoms with Crippen molar-refractivity contribution in [3.05, 3.63) is 54.1 Å². The Morgan fingerprint density at radius 2 is 2.00 bits per heavy atom. The molecule has 0 heterocycles. The summed E-state index contributed by atoms with van der Waals surface area (Å²) in [4.78, 5) is 13.3. The number of amides is 1. The Morgan fingerprint density at radius 3 is 2.75 bits per heavy atom. The predicted molar refractivity (Wildman–Crippen MR) is 83.8 cm³/mol. The van der Waals surface area contributed by atoms with Crippen LogP contribution in [0, 0.1) is 0 Å². The maximum absolute atomic E-state index is 12.2. The molecule has 0 unspecified atom stereocenters. The second-order valence-corrected chi connectivity index (χ2v) is 5.03. The van der Waals surface area contributed by atoms with Crippen LogP contribution in [-0.2, 0) is 0 Å². The Balaban J connectivity index is 2.12. The molecule has 0 aliphatic carbocycles. The van der Waals surface area contributed by atoms with Gasteiger partial charge in [0.25, 0.3) is 5.91 Å². The zero-order valence-electron chi connectivity index (χ0n) is 11.6. The van der Waals surface area contributed by atoms with Crippen LogP contribution >= 0.6 is 11.8 Å². The highest BCUT2D eigenvalue weighted by Gasteiger charge is 2.07. The van der Waals surface area contributed by atoms with Gasteiger partial charge in [0, 0.05) is 16.1 Å². The summed E-state index contributed by atoms with van der Waals surface area (Å²) in [5, 5.41) is 2.89. The summed E-state index contributed by atoms with van der Waals surface area (Å²) in [6.07, 6.45) is 2.01. The Kier molecular flexibility index (Phi) is 5.07. The fourth-order valence-corrected chi connectivity index (χ4v) is 2.26. The Hall–Kier alpha value is -1.94. The predicted octanol–water partition coefficient (Wildman–Crippen LogP) is 4.06. The Bertz CT molecular complexity index is 599. The van der Waals surface area contributed by atoms with Crippen molar-refractivity contribution < 1.29 is 9.53 Å². The molecule has 20 heavy (non-hydrogen) atoms. The van der Waals surface area contributed by atoms with Crippen molar-refractivity contribution in [2.75, 3.05) is 18.2 Å². The summed E-state index contributed by atoms with van der Waals surface area (Å²) in [5.74, 6) is 0.572. The summed E-state index contributed by atoms with van der Waals surface area (Å²) in [5.41, 5.74) is 1.38. The van der Waals surface area contributed by atoms with Gasteiger partial charge in [0.1, 0.15) is 5.75 Å². The third-order valence-corrected chi connectivity index (χ3v) is 3.46. The average molecular weight is 287 g/mol. The molecule has 2 rings (SSSR count). The van der Waals surface area contributed by atoms with E-state index in [-0.39, 0.29) is 5.91 Å². The summed E-state index contributed by atoms with van der Waals surface area (Å²) in [6, 6.07) is 15.0. The van der Waals surface area contributed by atoms with Crippen LogP contribution in [0.2, 0.25) is 0 Å². The quantitative estimate of drug-likeness (QED) is 0.843. The van der Waals surface area contributed by atoms with E-state index in [2.05, 4.69) is 5.32 Å². The lowest BCUT2D eigenvalue weighted by Gasteiger charge is -2.08. The number of carbonyl (C=O) groups excluding carboxylic acids is 1. The summed E-state index contributed by atoms with van der Waals surface area (Å²) in [6.45, 7) is 2.50. The van der Waals surface area contributed by atoms with E-state index >= 15 is 0 Å². The van der Waals surface area contributed by atoms with E-state index in [9.17, 15) is 4.79 Å². The summed E-state index contributed by atoms with van der Waals surface area (Å²) in [7, 11) is 0. The third kappa shape index (κ3) is 3.78. The van der Waals surface area contributed by atoms with Gasteiger partial charge in [-0.25, -0.2) is 0 Å². The number of hydrogen-bond acceptors (Lipinski definition) is 3. The van der Waals surface area contributed by atoms with E-state index in [0.717, 1.165) is 10.6 Å². The van der Waals surface area contributed by atoms with Crippen molar-refractivity contribution in [2.24, 2.45) is 0 Å². The summed E-state index contributed by atoms with van der Waals surface area (Å²) < 4.78 is 5.40. The molecule has 3 nitrogen and oxygen atoms in total. The Morgan fingerprint density at radius 1 is 1.20 bits per heavy atom. The van der Waals surface area contributed by atoms with Crippen LogP contribution < -0.4 is 10.1 Å². The maximum Gasteiger partial charge on any atom is 0.255 e. The number of benzene rings is 2. The van der Waals surface area contributed by atoms with Gasteiger partial charge in [-0.2, -0.15) is 0 Å². The molecule has 0 aromatic heterocycles. The number of thioether (sulfide) groups is 1. The molecule has 4 heteroatoms. The molecule has 0 saturated carbocycles. The molecule has 1 N–H and O–H groups in total. The van der Waals surface area contributed by atoms with Crippen LogP contribution in [-0.4, -0.2) is 18.8 Å². The SMILES string of the molecule is CCOc1cccc(C(=O)Nc2cccc(SC)c2)c1. The number of hydrogen-bond donors (Lipinski definition) is 1. The van der Waals surface area contributed by atoms with Crippen molar-refractivity contribution in [1.82, 2.24) is 0 Å². The molecule has 0 spiro atoms.